The molecular weight excluding hydrogens is 275 g/mol. The lowest BCUT2D eigenvalue weighted by molar-refractivity contribution is -0.275. The molecule has 10 heteroatoms. The lowest BCUT2D eigenvalue weighted by Crippen LogP contribution is -2.19. The molecule has 0 atom stereocenters. The highest BCUT2D eigenvalue weighted by atomic mass is 19.4. The average Bonchev–Trinajstić information content (AvgIpc) is 2.17. The third kappa shape index (κ3) is 3.37. The summed E-state index contributed by atoms with van der Waals surface area (Å²) in [6.45, 7) is -1.54. The molecule has 1 aromatic heterocycles. The van der Waals surface area contributed by atoms with Crippen molar-refractivity contribution >= 4 is 0 Å². The second-order valence-electron chi connectivity index (χ2n) is 2.99. The second-order valence-corrected chi connectivity index (χ2v) is 2.99. The molecule has 0 saturated carbocycles. The first-order valence-corrected chi connectivity index (χ1v) is 4.16. The van der Waals surface area contributed by atoms with Crippen molar-refractivity contribution in [3.8, 4) is 11.5 Å². The molecule has 1 aromatic rings. The molecule has 0 aromatic carbocycles. The Labute approximate surface area is 94.8 Å². The number of alkyl halides is 7. The molecule has 0 aliphatic heterocycles. The summed E-state index contributed by atoms with van der Waals surface area (Å²) in [7, 11) is 0. The Hall–Kier alpha value is -1.74. The molecule has 18 heavy (non-hydrogen) atoms. The number of rotatable bonds is 2. The largest absolute Gasteiger partial charge is 0.573 e. The predicted octanol–water partition coefficient (Wildman–Crippen LogP) is 3.17. The van der Waals surface area contributed by atoms with Crippen molar-refractivity contribution in [2.45, 2.75) is 19.2 Å². The zero-order chi connectivity index (χ0) is 14.1. The molecule has 0 amide bonds. The highest BCUT2D eigenvalue weighted by molar-refractivity contribution is 5.44. The molecule has 0 spiro atoms. The molecular formula is C8H4F7NO2. The van der Waals surface area contributed by atoms with Gasteiger partial charge in [0.15, 0.2) is 17.2 Å². The Kier molecular flexibility index (Phi) is 3.58. The van der Waals surface area contributed by atoms with E-state index in [1.807, 2.05) is 0 Å². The van der Waals surface area contributed by atoms with E-state index in [-0.39, 0.29) is 6.07 Å². The zero-order valence-electron chi connectivity index (χ0n) is 8.23. The van der Waals surface area contributed by atoms with Crippen molar-refractivity contribution in [3.05, 3.63) is 17.5 Å². The van der Waals surface area contributed by atoms with Crippen molar-refractivity contribution in [2.75, 3.05) is 0 Å². The first-order valence-electron chi connectivity index (χ1n) is 4.16. The van der Waals surface area contributed by atoms with Crippen LogP contribution in [0.3, 0.4) is 0 Å². The molecule has 0 unspecified atom stereocenters. The van der Waals surface area contributed by atoms with Crippen molar-refractivity contribution in [2.24, 2.45) is 0 Å². The third-order valence-corrected chi connectivity index (χ3v) is 1.64. The molecule has 0 aliphatic carbocycles. The van der Waals surface area contributed by atoms with E-state index in [0.717, 1.165) is 0 Å². The van der Waals surface area contributed by atoms with E-state index in [2.05, 4.69) is 9.72 Å². The minimum absolute atomic E-state index is 0.234. The van der Waals surface area contributed by atoms with Gasteiger partial charge in [0, 0.05) is 6.07 Å². The van der Waals surface area contributed by atoms with Gasteiger partial charge in [0.05, 0.1) is 5.69 Å². The van der Waals surface area contributed by atoms with Crippen molar-refractivity contribution in [1.82, 2.24) is 4.98 Å². The molecule has 1 heterocycles. The Morgan fingerprint density at radius 1 is 1.17 bits per heavy atom. The summed E-state index contributed by atoms with van der Waals surface area (Å²) >= 11 is 0. The molecule has 3 nitrogen and oxygen atoms in total. The van der Waals surface area contributed by atoms with E-state index in [0.29, 0.717) is 0 Å². The maximum Gasteiger partial charge on any atom is 0.573 e. The topological polar surface area (TPSA) is 42.4 Å². The number of hydrogen-bond donors (Lipinski definition) is 1. The van der Waals surface area contributed by atoms with Crippen LogP contribution in [0.25, 0.3) is 0 Å². The summed E-state index contributed by atoms with van der Waals surface area (Å²) in [4.78, 5) is 2.66. The van der Waals surface area contributed by atoms with Crippen LogP contribution in [0.5, 0.6) is 11.5 Å². The van der Waals surface area contributed by atoms with E-state index in [4.69, 9.17) is 5.11 Å². The molecule has 1 rings (SSSR count). The van der Waals surface area contributed by atoms with Crippen LogP contribution >= 0.6 is 0 Å². The van der Waals surface area contributed by atoms with Gasteiger partial charge in [0.2, 0.25) is 0 Å². The average molecular weight is 279 g/mol. The molecule has 0 radical (unpaired) electrons. The quantitative estimate of drug-likeness (QED) is 0.845. The van der Waals surface area contributed by atoms with E-state index in [1.165, 1.54) is 0 Å². The van der Waals surface area contributed by atoms with Crippen LogP contribution in [0.4, 0.5) is 30.7 Å². The van der Waals surface area contributed by atoms with Crippen LogP contribution in [-0.2, 0) is 12.9 Å². The summed E-state index contributed by atoms with van der Waals surface area (Å²) < 4.78 is 87.8. The van der Waals surface area contributed by atoms with Gasteiger partial charge in [0.1, 0.15) is 6.67 Å². The first kappa shape index (κ1) is 14.3. The van der Waals surface area contributed by atoms with E-state index < -0.39 is 42.1 Å². The first-order chi connectivity index (χ1) is 8.04. The maximum atomic E-state index is 12.3. The predicted molar refractivity (Wildman–Crippen MR) is 42.4 cm³/mol. The van der Waals surface area contributed by atoms with Gasteiger partial charge in [-0.3, -0.25) is 0 Å². The zero-order valence-corrected chi connectivity index (χ0v) is 8.23. The fraction of sp³-hybridized carbons (Fsp3) is 0.375. The van der Waals surface area contributed by atoms with Gasteiger partial charge < -0.3 is 9.84 Å². The molecule has 0 saturated heterocycles. The number of hydrogen-bond acceptors (Lipinski definition) is 3. The highest BCUT2D eigenvalue weighted by Gasteiger charge is 2.40. The molecule has 102 valence electrons. The third-order valence-electron chi connectivity index (χ3n) is 1.64. The summed E-state index contributed by atoms with van der Waals surface area (Å²) in [6, 6.07) is 0.234. The van der Waals surface area contributed by atoms with Crippen LogP contribution in [0.15, 0.2) is 6.07 Å². The van der Waals surface area contributed by atoms with Crippen molar-refractivity contribution in [1.29, 1.82) is 0 Å². The van der Waals surface area contributed by atoms with Gasteiger partial charge in [-0.1, -0.05) is 0 Å². The number of halogens is 7. The van der Waals surface area contributed by atoms with Crippen molar-refractivity contribution in [3.63, 3.8) is 0 Å². The fourth-order valence-corrected chi connectivity index (χ4v) is 1.03. The Balaban J connectivity index is 3.34. The van der Waals surface area contributed by atoms with Gasteiger partial charge in [-0.15, -0.1) is 13.2 Å². The van der Waals surface area contributed by atoms with Gasteiger partial charge in [-0.2, -0.15) is 13.2 Å². The number of nitrogens with zero attached hydrogens (tertiary/aromatic N) is 1. The molecule has 0 bridgehead atoms. The summed E-state index contributed by atoms with van der Waals surface area (Å²) in [5.74, 6) is -3.41. The normalized spacial score (nSPS) is 12.6. The van der Waals surface area contributed by atoms with Gasteiger partial charge in [-0.25, -0.2) is 9.37 Å². The lowest BCUT2D eigenvalue weighted by Gasteiger charge is -2.14. The fourth-order valence-electron chi connectivity index (χ4n) is 1.03. The highest BCUT2D eigenvalue weighted by Crippen LogP contribution is 2.41. The molecule has 1 N–H and O–H groups in total. The van der Waals surface area contributed by atoms with Crippen LogP contribution in [0.2, 0.25) is 0 Å². The minimum atomic E-state index is -5.32. The molecule has 0 fully saturated rings. The second kappa shape index (κ2) is 4.50. The number of aromatic hydroxyl groups is 1. The van der Waals surface area contributed by atoms with Crippen LogP contribution in [0.1, 0.15) is 11.4 Å². The Bertz CT molecular complexity index is 440. The van der Waals surface area contributed by atoms with Crippen LogP contribution in [-0.4, -0.2) is 16.5 Å². The van der Waals surface area contributed by atoms with Crippen LogP contribution < -0.4 is 4.74 Å². The minimum Gasteiger partial charge on any atom is -0.503 e. The van der Waals surface area contributed by atoms with E-state index >= 15 is 0 Å². The van der Waals surface area contributed by atoms with Crippen molar-refractivity contribution < 1.29 is 40.6 Å². The van der Waals surface area contributed by atoms with Gasteiger partial charge in [-0.05, 0) is 0 Å². The van der Waals surface area contributed by atoms with Gasteiger partial charge >= 0.3 is 12.5 Å². The monoisotopic (exact) mass is 279 g/mol. The maximum absolute atomic E-state index is 12.3. The number of ether oxygens (including phenoxy) is 1. The van der Waals surface area contributed by atoms with E-state index in [9.17, 15) is 30.7 Å². The SMILES string of the molecule is Oc1c(OC(F)(F)F)cc(CF)nc1C(F)(F)F. The van der Waals surface area contributed by atoms with E-state index in [1.54, 1.807) is 0 Å². The molecule has 0 aliphatic rings. The summed E-state index contributed by atoms with van der Waals surface area (Å²) in [6.07, 6.45) is -10.6. The van der Waals surface area contributed by atoms with Crippen LogP contribution in [0, 0.1) is 0 Å². The van der Waals surface area contributed by atoms with Gasteiger partial charge in [0.25, 0.3) is 0 Å². The standard InChI is InChI=1S/C8H4F7NO2/c9-2-3-1-4(18-8(13,14)15)5(17)6(16-3)7(10,11)12/h1,17H,2H2. The Morgan fingerprint density at radius 2 is 1.72 bits per heavy atom. The number of pyridine rings is 1. The smallest absolute Gasteiger partial charge is 0.503 e. The summed E-state index contributed by atoms with van der Waals surface area (Å²) in [5.41, 5.74) is -2.99. The Morgan fingerprint density at radius 3 is 2.11 bits per heavy atom. The lowest BCUT2D eigenvalue weighted by atomic mass is 10.2. The summed E-state index contributed by atoms with van der Waals surface area (Å²) in [5, 5.41) is 8.98. The number of aromatic nitrogens is 1.